The quantitative estimate of drug-likeness (QED) is 0.410. The summed E-state index contributed by atoms with van der Waals surface area (Å²) in [6.45, 7) is 3.61. The van der Waals surface area contributed by atoms with Crippen LogP contribution in [0.5, 0.6) is 5.75 Å². The number of rotatable bonds is 9. The Morgan fingerprint density at radius 2 is 1.88 bits per heavy atom. The number of carbonyl (C=O) groups is 2. The molecule has 0 spiro atoms. The Morgan fingerprint density at radius 1 is 1.09 bits per heavy atom. The molecule has 33 heavy (non-hydrogen) atoms. The van der Waals surface area contributed by atoms with Crippen molar-refractivity contribution in [3.63, 3.8) is 0 Å². The average molecular weight is 468 g/mol. The normalized spacial score (nSPS) is 11.5. The number of H-pyrrole nitrogens is 1. The van der Waals surface area contributed by atoms with Crippen molar-refractivity contribution in [3.05, 3.63) is 58.9 Å². The van der Waals surface area contributed by atoms with E-state index in [-0.39, 0.29) is 22.7 Å². The van der Waals surface area contributed by atoms with Crippen LogP contribution in [-0.2, 0) is 9.59 Å². The minimum atomic E-state index is -0.497. The Labute approximate surface area is 195 Å². The molecule has 3 rings (SSSR count). The van der Waals surface area contributed by atoms with Gasteiger partial charge in [-0.3, -0.25) is 19.4 Å². The highest BCUT2D eigenvalue weighted by molar-refractivity contribution is 8.00. The van der Waals surface area contributed by atoms with Gasteiger partial charge >= 0.3 is 0 Å². The van der Waals surface area contributed by atoms with Gasteiger partial charge in [-0.2, -0.15) is 0 Å². The zero-order chi connectivity index (χ0) is 23.8. The maximum atomic E-state index is 12.8. The second-order valence-corrected chi connectivity index (χ2v) is 8.18. The van der Waals surface area contributed by atoms with Crippen LogP contribution in [-0.4, -0.2) is 39.4 Å². The van der Waals surface area contributed by atoms with E-state index in [1.165, 1.54) is 0 Å². The predicted molar refractivity (Wildman–Crippen MR) is 129 cm³/mol. The Balaban J connectivity index is 1.77. The van der Waals surface area contributed by atoms with Gasteiger partial charge in [0.2, 0.25) is 11.8 Å². The smallest absolute Gasteiger partial charge is 0.278 e. The molecule has 1 aromatic heterocycles. The molecule has 2 aromatic carbocycles. The first-order chi connectivity index (χ1) is 15.9. The molecule has 3 N–H and O–H groups in total. The van der Waals surface area contributed by atoms with E-state index >= 15 is 0 Å². The van der Waals surface area contributed by atoms with Gasteiger partial charge in [-0.15, -0.1) is 10.2 Å². The zero-order valence-electron chi connectivity index (χ0n) is 18.5. The molecule has 0 radical (unpaired) electrons. The minimum absolute atomic E-state index is 0.0835. The lowest BCUT2D eigenvalue weighted by Gasteiger charge is -2.14. The van der Waals surface area contributed by atoms with E-state index in [4.69, 9.17) is 4.74 Å². The number of amides is 2. The Morgan fingerprint density at radius 3 is 2.58 bits per heavy atom. The third-order valence-corrected chi connectivity index (χ3v) is 5.95. The van der Waals surface area contributed by atoms with Crippen molar-refractivity contribution in [2.45, 2.75) is 37.1 Å². The number of nitrogens with one attached hydrogen (secondary N) is 3. The zero-order valence-corrected chi connectivity index (χ0v) is 19.4. The minimum Gasteiger partial charge on any atom is -0.497 e. The van der Waals surface area contributed by atoms with Crippen molar-refractivity contribution in [2.24, 2.45) is 0 Å². The molecule has 10 heteroatoms. The molecule has 172 valence electrons. The first kappa shape index (κ1) is 24.0. The monoisotopic (exact) mass is 467 g/mol. The topological polar surface area (TPSA) is 126 Å². The summed E-state index contributed by atoms with van der Waals surface area (Å²) in [6, 6.07) is 13.9. The number of benzene rings is 2. The van der Waals surface area contributed by atoms with Crippen molar-refractivity contribution in [1.29, 1.82) is 0 Å². The Kier molecular flexibility index (Phi) is 8.20. The van der Waals surface area contributed by atoms with E-state index in [9.17, 15) is 14.4 Å². The van der Waals surface area contributed by atoms with Crippen LogP contribution >= 0.6 is 11.8 Å². The number of ether oxygens (including phenoxy) is 1. The molecule has 0 aliphatic heterocycles. The van der Waals surface area contributed by atoms with Crippen LogP contribution in [0.4, 0.5) is 11.4 Å². The number of aromatic amines is 1. The molecule has 0 saturated heterocycles. The molecule has 0 aliphatic rings. The number of hydrogen-bond donors (Lipinski definition) is 3. The van der Waals surface area contributed by atoms with E-state index in [1.807, 2.05) is 6.92 Å². The fraction of sp³-hybridized carbons (Fsp3) is 0.261. The fourth-order valence-electron chi connectivity index (χ4n) is 2.97. The Bertz CT molecular complexity index is 1200. The van der Waals surface area contributed by atoms with Crippen LogP contribution in [0.1, 0.15) is 26.7 Å². The SMILES string of the molecule is CCC(=O)Nc1ccccc1-c1nnc(S[C@H](CC)C(=O)Nc2cccc(OC)c2)[nH]c1=O. The third kappa shape index (κ3) is 6.19. The van der Waals surface area contributed by atoms with Gasteiger partial charge in [0.05, 0.1) is 18.0 Å². The molecule has 0 unspecified atom stereocenters. The van der Waals surface area contributed by atoms with Crippen molar-refractivity contribution in [3.8, 4) is 17.0 Å². The lowest BCUT2D eigenvalue weighted by molar-refractivity contribution is -0.116. The van der Waals surface area contributed by atoms with E-state index < -0.39 is 10.8 Å². The summed E-state index contributed by atoms with van der Waals surface area (Å²) in [5.74, 6) is 0.233. The van der Waals surface area contributed by atoms with Gasteiger partial charge in [-0.05, 0) is 24.6 Å². The van der Waals surface area contributed by atoms with Crippen LogP contribution in [0.25, 0.3) is 11.3 Å². The predicted octanol–water partition coefficient (Wildman–Crippen LogP) is 3.70. The second kappa shape index (κ2) is 11.3. The summed E-state index contributed by atoms with van der Waals surface area (Å²) in [5.41, 5.74) is 1.18. The molecule has 3 aromatic rings. The molecule has 0 fully saturated rings. The standard InChI is InChI=1S/C23H25N5O4S/c1-4-18(21(30)24-14-9-8-10-15(13-14)32-3)33-23-26-22(31)20(27-28-23)16-11-6-7-12-17(16)25-19(29)5-2/h6-13,18H,4-5H2,1-3H3,(H,24,30)(H,25,29)(H,26,28,31)/t18-/m1/s1. The first-order valence-corrected chi connectivity index (χ1v) is 11.3. The second-order valence-electron chi connectivity index (χ2n) is 6.99. The average Bonchev–Trinajstić information content (AvgIpc) is 2.83. The molecule has 9 nitrogen and oxygen atoms in total. The van der Waals surface area contributed by atoms with E-state index in [2.05, 4.69) is 25.8 Å². The van der Waals surface area contributed by atoms with Crippen molar-refractivity contribution in [1.82, 2.24) is 15.2 Å². The molecule has 0 aliphatic carbocycles. The molecular formula is C23H25N5O4S. The van der Waals surface area contributed by atoms with Crippen LogP contribution in [0.15, 0.2) is 58.5 Å². The number of anilines is 2. The van der Waals surface area contributed by atoms with Gasteiger partial charge in [-0.25, -0.2) is 0 Å². The number of methoxy groups -OCH3 is 1. The maximum Gasteiger partial charge on any atom is 0.278 e. The van der Waals surface area contributed by atoms with Crippen LogP contribution in [0, 0.1) is 0 Å². The molecule has 0 bridgehead atoms. The number of thioether (sulfide) groups is 1. The summed E-state index contributed by atoms with van der Waals surface area (Å²) in [6.07, 6.45) is 0.819. The van der Waals surface area contributed by atoms with Crippen molar-refractivity contribution in [2.75, 3.05) is 17.7 Å². The molecule has 1 heterocycles. The molecule has 2 amide bonds. The summed E-state index contributed by atoms with van der Waals surface area (Å²) < 4.78 is 5.18. The number of nitrogens with zero attached hydrogens (tertiary/aromatic N) is 2. The summed E-state index contributed by atoms with van der Waals surface area (Å²) >= 11 is 1.12. The van der Waals surface area contributed by atoms with Crippen LogP contribution in [0.2, 0.25) is 0 Å². The summed E-state index contributed by atoms with van der Waals surface area (Å²) in [7, 11) is 1.56. The highest BCUT2D eigenvalue weighted by atomic mass is 32.2. The maximum absolute atomic E-state index is 12.8. The highest BCUT2D eigenvalue weighted by Gasteiger charge is 2.21. The summed E-state index contributed by atoms with van der Waals surface area (Å²) in [4.78, 5) is 40.0. The third-order valence-electron chi connectivity index (χ3n) is 4.71. The van der Waals surface area contributed by atoms with Crippen molar-refractivity contribution < 1.29 is 14.3 Å². The lowest BCUT2D eigenvalue weighted by Crippen LogP contribution is -2.25. The van der Waals surface area contributed by atoms with E-state index in [0.717, 1.165) is 11.8 Å². The van der Waals surface area contributed by atoms with Gasteiger partial charge in [0.25, 0.3) is 5.56 Å². The number of para-hydroxylation sites is 1. The van der Waals surface area contributed by atoms with Crippen LogP contribution in [0.3, 0.4) is 0 Å². The lowest BCUT2D eigenvalue weighted by atomic mass is 10.1. The van der Waals surface area contributed by atoms with Crippen molar-refractivity contribution >= 4 is 35.0 Å². The number of hydrogen-bond acceptors (Lipinski definition) is 7. The van der Waals surface area contributed by atoms with E-state index in [0.29, 0.717) is 35.5 Å². The first-order valence-electron chi connectivity index (χ1n) is 10.4. The van der Waals surface area contributed by atoms with E-state index in [1.54, 1.807) is 62.6 Å². The van der Waals surface area contributed by atoms with Gasteiger partial charge in [0.1, 0.15) is 5.75 Å². The fourth-order valence-corrected chi connectivity index (χ4v) is 3.81. The number of aromatic nitrogens is 3. The van der Waals surface area contributed by atoms with Gasteiger partial charge in [0.15, 0.2) is 10.9 Å². The van der Waals surface area contributed by atoms with Gasteiger partial charge in [0, 0.05) is 23.7 Å². The van der Waals surface area contributed by atoms with Gasteiger partial charge in [-0.1, -0.05) is 49.9 Å². The molecular weight excluding hydrogens is 442 g/mol. The number of carbonyl (C=O) groups excluding carboxylic acids is 2. The van der Waals surface area contributed by atoms with Crippen LogP contribution < -0.4 is 20.9 Å². The highest BCUT2D eigenvalue weighted by Crippen LogP contribution is 2.26. The Hall–Kier alpha value is -3.66. The molecule has 1 atom stereocenters. The largest absolute Gasteiger partial charge is 0.497 e. The van der Waals surface area contributed by atoms with Gasteiger partial charge < -0.3 is 15.4 Å². The summed E-state index contributed by atoms with van der Waals surface area (Å²) in [5, 5.41) is 13.5. The molecule has 0 saturated carbocycles.